The Balaban J connectivity index is 2.10. The van der Waals surface area contributed by atoms with Crippen LogP contribution >= 0.6 is 0 Å². The second kappa shape index (κ2) is 5.17. The molecule has 0 amide bonds. The number of hydrogen-bond donors (Lipinski definition) is 1. The summed E-state index contributed by atoms with van der Waals surface area (Å²) >= 11 is 0. The van der Waals surface area contributed by atoms with E-state index in [1.807, 2.05) is 0 Å². The van der Waals surface area contributed by atoms with Crippen LogP contribution in [0.15, 0.2) is 24.3 Å². The summed E-state index contributed by atoms with van der Waals surface area (Å²) in [5.74, 6) is 0.437. The molecule has 8 heteroatoms. The van der Waals surface area contributed by atoms with Crippen LogP contribution in [0.1, 0.15) is 0 Å². The second-order valence-corrected chi connectivity index (χ2v) is 3.61. The smallest absolute Gasteiger partial charge is 0.422 e. The van der Waals surface area contributed by atoms with E-state index in [-0.39, 0.29) is 5.75 Å². The summed E-state index contributed by atoms with van der Waals surface area (Å²) < 4.78 is 45.5. The van der Waals surface area contributed by atoms with Crippen LogP contribution in [0.3, 0.4) is 0 Å². The highest BCUT2D eigenvalue weighted by molar-refractivity contribution is 5.64. The normalized spacial score (nSPS) is 11.4. The van der Waals surface area contributed by atoms with Crippen molar-refractivity contribution in [2.24, 2.45) is 0 Å². The fourth-order valence-corrected chi connectivity index (χ4v) is 1.43. The van der Waals surface area contributed by atoms with Gasteiger partial charge in [0.15, 0.2) is 12.3 Å². The quantitative estimate of drug-likeness (QED) is 0.929. The van der Waals surface area contributed by atoms with E-state index in [9.17, 15) is 13.2 Å². The maximum atomic E-state index is 12.0. The van der Waals surface area contributed by atoms with Crippen LogP contribution in [-0.2, 0) is 0 Å². The largest absolute Gasteiger partial charge is 0.484 e. The highest BCUT2D eigenvalue weighted by atomic mass is 19.4. The molecule has 1 aromatic carbocycles. The highest BCUT2D eigenvalue weighted by Crippen LogP contribution is 2.27. The number of H-pyrrole nitrogens is 1. The third-order valence-corrected chi connectivity index (χ3v) is 2.24. The Morgan fingerprint density at radius 1 is 1.16 bits per heavy atom. The summed E-state index contributed by atoms with van der Waals surface area (Å²) in [4.78, 5) is 0. The number of rotatable bonds is 4. The van der Waals surface area contributed by atoms with Crippen molar-refractivity contribution < 1.29 is 22.6 Å². The molecule has 19 heavy (non-hydrogen) atoms. The molecule has 0 saturated heterocycles. The molecule has 0 radical (unpaired) electrons. The van der Waals surface area contributed by atoms with Crippen LogP contribution < -0.4 is 9.47 Å². The lowest BCUT2D eigenvalue weighted by Crippen LogP contribution is -2.19. The summed E-state index contributed by atoms with van der Waals surface area (Å²) in [5.41, 5.74) is 1.13. The maximum absolute atomic E-state index is 12.0. The number of ether oxygens (including phenoxy) is 2. The van der Waals surface area contributed by atoms with E-state index in [0.717, 1.165) is 0 Å². The molecule has 0 saturated carbocycles. The minimum atomic E-state index is -4.35. The first kappa shape index (κ1) is 13.2. The van der Waals surface area contributed by atoms with Crippen molar-refractivity contribution in [3.05, 3.63) is 24.3 Å². The van der Waals surface area contributed by atoms with Crippen molar-refractivity contribution in [1.29, 1.82) is 0 Å². The van der Waals surface area contributed by atoms with Gasteiger partial charge in [-0.3, -0.25) is 0 Å². The van der Waals surface area contributed by atoms with Gasteiger partial charge in [-0.1, -0.05) is 0 Å². The third kappa shape index (κ3) is 3.36. The predicted molar refractivity (Wildman–Crippen MR) is 59.9 cm³/mol. The van der Waals surface area contributed by atoms with E-state index in [1.165, 1.54) is 19.2 Å². The molecule has 1 heterocycles. The van der Waals surface area contributed by atoms with Gasteiger partial charge in [-0.2, -0.15) is 23.5 Å². The van der Waals surface area contributed by atoms with Crippen molar-refractivity contribution >= 4 is 0 Å². The maximum Gasteiger partial charge on any atom is 0.422 e. The van der Waals surface area contributed by atoms with E-state index in [1.54, 1.807) is 12.1 Å². The van der Waals surface area contributed by atoms with E-state index in [4.69, 9.17) is 4.74 Å². The average molecular weight is 273 g/mol. The van der Waals surface area contributed by atoms with E-state index >= 15 is 0 Å². The molecule has 0 aliphatic heterocycles. The standard InChI is InChI=1S/C11H10F3N3O2/c1-18-10-9(15-17-16-10)7-2-4-8(5-3-7)19-6-11(12,13)14/h2-5H,6H2,1H3,(H,15,16,17). The summed E-state index contributed by atoms with van der Waals surface area (Å²) in [7, 11) is 1.45. The van der Waals surface area contributed by atoms with Crippen molar-refractivity contribution in [2.75, 3.05) is 13.7 Å². The van der Waals surface area contributed by atoms with E-state index in [2.05, 4.69) is 20.1 Å². The SMILES string of the molecule is COc1n[nH]nc1-c1ccc(OCC(F)(F)F)cc1. The Bertz CT molecular complexity index is 537. The molecule has 0 spiro atoms. The summed E-state index contributed by atoms with van der Waals surface area (Å²) in [5, 5.41) is 10.1. The van der Waals surface area contributed by atoms with Gasteiger partial charge in [0.2, 0.25) is 0 Å². The van der Waals surface area contributed by atoms with Gasteiger partial charge in [0.25, 0.3) is 5.88 Å². The molecular formula is C11H10F3N3O2. The molecule has 102 valence electrons. The molecule has 0 fully saturated rings. The van der Waals surface area contributed by atoms with Crippen molar-refractivity contribution in [2.45, 2.75) is 6.18 Å². The molecule has 2 aromatic rings. The second-order valence-electron chi connectivity index (χ2n) is 3.61. The van der Waals surface area contributed by atoms with E-state index in [0.29, 0.717) is 17.1 Å². The first-order valence-corrected chi connectivity index (χ1v) is 5.24. The molecule has 0 aliphatic rings. The molecule has 0 aliphatic carbocycles. The fraction of sp³-hybridized carbons (Fsp3) is 0.273. The van der Waals surface area contributed by atoms with Crippen LogP contribution in [-0.4, -0.2) is 35.3 Å². The van der Waals surface area contributed by atoms with Gasteiger partial charge in [-0.25, -0.2) is 0 Å². The van der Waals surface area contributed by atoms with Crippen LogP contribution in [0.4, 0.5) is 13.2 Å². The molecule has 0 atom stereocenters. The average Bonchev–Trinajstić information content (AvgIpc) is 2.84. The monoisotopic (exact) mass is 273 g/mol. The van der Waals surface area contributed by atoms with E-state index < -0.39 is 12.8 Å². The van der Waals surface area contributed by atoms with Crippen LogP contribution in [0.2, 0.25) is 0 Å². The fourth-order valence-electron chi connectivity index (χ4n) is 1.43. The lowest BCUT2D eigenvalue weighted by atomic mass is 10.1. The number of hydrogen-bond acceptors (Lipinski definition) is 4. The number of alkyl halides is 3. The Morgan fingerprint density at radius 2 is 1.84 bits per heavy atom. The van der Waals surface area contributed by atoms with Gasteiger partial charge in [0.1, 0.15) is 5.75 Å². The number of benzene rings is 1. The predicted octanol–water partition coefficient (Wildman–Crippen LogP) is 2.42. The van der Waals surface area contributed by atoms with Crippen molar-refractivity contribution in [3.63, 3.8) is 0 Å². The first-order chi connectivity index (χ1) is 8.99. The minimum Gasteiger partial charge on any atom is -0.484 e. The lowest BCUT2D eigenvalue weighted by molar-refractivity contribution is -0.153. The third-order valence-electron chi connectivity index (χ3n) is 2.24. The zero-order chi connectivity index (χ0) is 13.9. The molecular weight excluding hydrogens is 263 g/mol. The topological polar surface area (TPSA) is 60.0 Å². The molecule has 1 N–H and O–H groups in total. The number of nitrogens with one attached hydrogen (secondary N) is 1. The Hall–Kier alpha value is -2.25. The number of nitrogens with zero attached hydrogens (tertiary/aromatic N) is 2. The lowest BCUT2D eigenvalue weighted by Gasteiger charge is -2.09. The minimum absolute atomic E-state index is 0.128. The molecule has 0 unspecified atom stereocenters. The molecule has 0 bridgehead atoms. The zero-order valence-corrected chi connectivity index (χ0v) is 9.86. The van der Waals surface area contributed by atoms with Crippen LogP contribution in [0, 0.1) is 0 Å². The van der Waals surface area contributed by atoms with Gasteiger partial charge < -0.3 is 9.47 Å². The van der Waals surface area contributed by atoms with Crippen molar-refractivity contribution in [1.82, 2.24) is 15.4 Å². The van der Waals surface area contributed by atoms with Gasteiger partial charge >= 0.3 is 6.18 Å². The molecule has 5 nitrogen and oxygen atoms in total. The van der Waals surface area contributed by atoms with Gasteiger partial charge in [-0.05, 0) is 24.3 Å². The Kier molecular flexibility index (Phi) is 3.59. The highest BCUT2D eigenvalue weighted by Gasteiger charge is 2.28. The van der Waals surface area contributed by atoms with Crippen molar-refractivity contribution in [3.8, 4) is 22.9 Å². The zero-order valence-electron chi connectivity index (χ0n) is 9.86. The molecule has 1 aromatic heterocycles. The number of aromatic amines is 1. The summed E-state index contributed by atoms with van der Waals surface area (Å²) in [6, 6.07) is 6.00. The van der Waals surface area contributed by atoms with Gasteiger partial charge in [0.05, 0.1) is 7.11 Å². The van der Waals surface area contributed by atoms with Gasteiger partial charge in [0, 0.05) is 5.56 Å². The summed E-state index contributed by atoms with van der Waals surface area (Å²) in [6.45, 7) is -1.32. The number of methoxy groups -OCH3 is 1. The number of halogens is 3. The molecule has 2 rings (SSSR count). The number of aromatic nitrogens is 3. The van der Waals surface area contributed by atoms with Crippen LogP contribution in [0.5, 0.6) is 11.6 Å². The van der Waals surface area contributed by atoms with Crippen LogP contribution in [0.25, 0.3) is 11.3 Å². The van der Waals surface area contributed by atoms with Gasteiger partial charge in [-0.15, -0.1) is 5.10 Å². The Morgan fingerprint density at radius 3 is 2.42 bits per heavy atom. The first-order valence-electron chi connectivity index (χ1n) is 5.24. The summed E-state index contributed by atoms with van der Waals surface area (Å²) in [6.07, 6.45) is -4.35. The Labute approximate surface area is 106 Å².